The molecule has 0 radical (unpaired) electrons. The molecule has 216 valence electrons. The molecule has 10 heteroatoms. The summed E-state index contributed by atoms with van der Waals surface area (Å²) in [6.07, 6.45) is 0.726. The minimum Gasteiger partial charge on any atom is -0.508 e. The van der Waals surface area contributed by atoms with Gasteiger partial charge in [0.1, 0.15) is 5.75 Å². The Morgan fingerprint density at radius 2 is 1.10 bits per heavy atom. The highest BCUT2D eigenvalue weighted by Crippen LogP contribution is 2.43. The number of ether oxygens (including phenoxy) is 6. The summed E-state index contributed by atoms with van der Waals surface area (Å²) in [5.41, 5.74) is 2.82. The molecule has 40 heavy (non-hydrogen) atoms. The Labute approximate surface area is 244 Å². The molecule has 1 aliphatic rings. The van der Waals surface area contributed by atoms with Gasteiger partial charge in [-0.3, -0.25) is 9.80 Å². The molecular weight excluding hydrogens is 580 g/mol. The van der Waals surface area contributed by atoms with Crippen molar-refractivity contribution in [2.45, 2.75) is 25.7 Å². The van der Waals surface area contributed by atoms with Crippen LogP contribution in [0.2, 0.25) is 0 Å². The van der Waals surface area contributed by atoms with Gasteiger partial charge in [0.25, 0.3) is 0 Å². The van der Waals surface area contributed by atoms with Gasteiger partial charge in [-0.1, -0.05) is 15.9 Å². The van der Waals surface area contributed by atoms with Crippen LogP contribution in [0.3, 0.4) is 0 Å². The first-order valence-corrected chi connectivity index (χ1v) is 13.7. The number of halogens is 1. The Hall–Kier alpha value is -3.34. The number of benzene rings is 3. The lowest BCUT2D eigenvalue weighted by Gasteiger charge is -2.44. The molecule has 9 nitrogen and oxygen atoms in total. The van der Waals surface area contributed by atoms with E-state index < -0.39 is 0 Å². The second-order valence-electron chi connectivity index (χ2n) is 9.44. The van der Waals surface area contributed by atoms with Crippen LogP contribution in [-0.2, 0) is 13.1 Å². The van der Waals surface area contributed by atoms with E-state index in [1.807, 2.05) is 36.4 Å². The van der Waals surface area contributed by atoms with Crippen LogP contribution in [0.5, 0.6) is 40.2 Å². The first kappa shape index (κ1) is 29.6. The normalized spacial score (nSPS) is 14.6. The van der Waals surface area contributed by atoms with Crippen molar-refractivity contribution >= 4 is 15.9 Å². The second-order valence-corrected chi connectivity index (χ2v) is 10.4. The molecule has 0 aliphatic carbocycles. The Morgan fingerprint density at radius 3 is 1.48 bits per heavy atom. The molecule has 1 N–H and O–H groups in total. The second kappa shape index (κ2) is 13.3. The van der Waals surface area contributed by atoms with Crippen molar-refractivity contribution in [3.05, 3.63) is 63.6 Å². The average Bonchev–Trinajstić information content (AvgIpc) is 2.97. The molecule has 0 atom stereocenters. The van der Waals surface area contributed by atoms with Crippen LogP contribution in [0.4, 0.5) is 0 Å². The zero-order chi connectivity index (χ0) is 28.8. The van der Waals surface area contributed by atoms with Gasteiger partial charge in [-0.2, -0.15) is 0 Å². The minimum absolute atomic E-state index is 0.218. The Morgan fingerprint density at radius 1 is 0.675 bits per heavy atom. The van der Waals surface area contributed by atoms with Crippen LogP contribution in [-0.4, -0.2) is 70.7 Å². The lowest BCUT2D eigenvalue weighted by molar-refractivity contribution is -0.0105. The van der Waals surface area contributed by atoms with Crippen LogP contribution < -0.4 is 28.4 Å². The van der Waals surface area contributed by atoms with Gasteiger partial charge in [0, 0.05) is 36.2 Å². The van der Waals surface area contributed by atoms with E-state index in [-0.39, 0.29) is 11.9 Å². The van der Waals surface area contributed by atoms with Gasteiger partial charge in [0.15, 0.2) is 23.0 Å². The van der Waals surface area contributed by atoms with Crippen molar-refractivity contribution in [3.8, 4) is 40.2 Å². The summed E-state index contributed by atoms with van der Waals surface area (Å²) in [5, 5.41) is 11.0. The number of hydrogen-bond donors (Lipinski definition) is 1. The maximum absolute atomic E-state index is 11.0. The van der Waals surface area contributed by atoms with Gasteiger partial charge < -0.3 is 33.5 Å². The van der Waals surface area contributed by atoms with Gasteiger partial charge in [0.05, 0.1) is 48.8 Å². The molecule has 4 rings (SSSR count). The minimum atomic E-state index is -0.218. The summed E-state index contributed by atoms with van der Waals surface area (Å²) in [4.78, 5) is 4.70. The summed E-state index contributed by atoms with van der Waals surface area (Å²) >= 11 is 3.60. The molecule has 1 saturated heterocycles. The van der Waals surface area contributed by atoms with Crippen LogP contribution >= 0.6 is 15.9 Å². The predicted molar refractivity (Wildman–Crippen MR) is 156 cm³/mol. The fourth-order valence-corrected chi connectivity index (χ4v) is 5.71. The molecule has 3 aromatic carbocycles. The van der Waals surface area contributed by atoms with Gasteiger partial charge in [0.2, 0.25) is 11.5 Å². The topological polar surface area (TPSA) is 82.1 Å². The fourth-order valence-electron chi connectivity index (χ4n) is 5.33. The van der Waals surface area contributed by atoms with Gasteiger partial charge in [-0.05, 0) is 60.0 Å². The van der Waals surface area contributed by atoms with E-state index in [1.165, 1.54) is 0 Å². The predicted octanol–water partition coefficient (Wildman–Crippen LogP) is 5.61. The number of aromatic hydroxyl groups is 1. The maximum atomic E-state index is 11.0. The van der Waals surface area contributed by atoms with E-state index >= 15 is 0 Å². The third kappa shape index (κ3) is 6.19. The average molecular weight is 618 g/mol. The third-order valence-electron chi connectivity index (χ3n) is 7.07. The van der Waals surface area contributed by atoms with E-state index in [9.17, 15) is 5.11 Å². The van der Waals surface area contributed by atoms with Crippen molar-refractivity contribution in [2.24, 2.45) is 0 Å². The third-order valence-corrected chi connectivity index (χ3v) is 7.56. The SMILES string of the molecule is COc1cc(CN2CCCN(Cc3cc(OC)c(OC)c(OC)c3)C2c2cc(Br)ccc2O)cc(OC)c1OC. The molecule has 1 aliphatic heterocycles. The van der Waals surface area contributed by atoms with Gasteiger partial charge in [-0.25, -0.2) is 0 Å². The Balaban J connectivity index is 1.75. The maximum Gasteiger partial charge on any atom is 0.203 e. The van der Waals surface area contributed by atoms with Crippen molar-refractivity contribution in [1.29, 1.82) is 0 Å². The summed E-state index contributed by atoms with van der Waals surface area (Å²) < 4.78 is 34.4. The standard InChI is InChI=1S/C30H37BrN2O7/c1-35-24-12-19(13-25(36-2)28(24)39-5)17-32-10-7-11-33(30(32)22-16-21(31)8-9-23(22)34)18-20-14-26(37-3)29(40-6)27(15-20)38-4/h8-9,12-16,30,34H,7,10-11,17-18H2,1-6H3. The highest BCUT2D eigenvalue weighted by Gasteiger charge is 2.33. The molecule has 0 unspecified atom stereocenters. The molecule has 0 bridgehead atoms. The zero-order valence-electron chi connectivity index (χ0n) is 23.8. The number of methoxy groups -OCH3 is 6. The van der Waals surface area contributed by atoms with E-state index in [2.05, 4.69) is 25.7 Å². The number of phenols is 1. The molecule has 0 amide bonds. The number of nitrogens with zero attached hydrogens (tertiary/aromatic N) is 2. The van der Waals surface area contributed by atoms with E-state index in [1.54, 1.807) is 48.7 Å². The summed E-state index contributed by atoms with van der Waals surface area (Å²) in [6.45, 7) is 2.86. The van der Waals surface area contributed by atoms with Crippen molar-refractivity contribution < 1.29 is 33.5 Å². The first-order chi connectivity index (χ1) is 19.4. The van der Waals surface area contributed by atoms with Gasteiger partial charge in [-0.15, -0.1) is 0 Å². The van der Waals surface area contributed by atoms with E-state index in [0.29, 0.717) is 47.6 Å². The van der Waals surface area contributed by atoms with Gasteiger partial charge >= 0.3 is 0 Å². The van der Waals surface area contributed by atoms with Crippen molar-refractivity contribution in [3.63, 3.8) is 0 Å². The summed E-state index contributed by atoms with van der Waals surface area (Å²) in [5.74, 6) is 3.75. The van der Waals surface area contributed by atoms with Crippen LogP contribution in [0.15, 0.2) is 46.9 Å². The number of hydrogen-bond acceptors (Lipinski definition) is 9. The largest absolute Gasteiger partial charge is 0.508 e. The van der Waals surface area contributed by atoms with Crippen molar-refractivity contribution in [1.82, 2.24) is 9.80 Å². The summed E-state index contributed by atoms with van der Waals surface area (Å²) in [7, 11) is 9.65. The first-order valence-electron chi connectivity index (χ1n) is 12.9. The molecule has 1 heterocycles. The van der Waals surface area contributed by atoms with Crippen LogP contribution in [0, 0.1) is 0 Å². The monoisotopic (exact) mass is 616 g/mol. The van der Waals surface area contributed by atoms with E-state index in [4.69, 9.17) is 28.4 Å². The smallest absolute Gasteiger partial charge is 0.203 e. The molecule has 0 aromatic heterocycles. The number of rotatable bonds is 11. The Bertz CT molecular complexity index is 1200. The zero-order valence-corrected chi connectivity index (χ0v) is 25.4. The summed E-state index contributed by atoms with van der Waals surface area (Å²) in [6, 6.07) is 13.4. The quantitative estimate of drug-likeness (QED) is 0.295. The molecule has 0 saturated carbocycles. The highest BCUT2D eigenvalue weighted by molar-refractivity contribution is 9.10. The van der Waals surface area contributed by atoms with Crippen LogP contribution in [0.25, 0.3) is 0 Å². The molecule has 3 aromatic rings. The molecule has 1 fully saturated rings. The fraction of sp³-hybridized carbons (Fsp3) is 0.400. The van der Waals surface area contributed by atoms with Crippen LogP contribution in [0.1, 0.15) is 29.3 Å². The lowest BCUT2D eigenvalue weighted by Crippen LogP contribution is -2.46. The van der Waals surface area contributed by atoms with E-state index in [0.717, 1.165) is 40.7 Å². The molecule has 0 spiro atoms. The number of phenolic OH excluding ortho intramolecular Hbond substituents is 1. The van der Waals surface area contributed by atoms with Crippen molar-refractivity contribution in [2.75, 3.05) is 55.7 Å². The molecular formula is C30H37BrN2O7. The lowest BCUT2D eigenvalue weighted by atomic mass is 10.0. The Kier molecular flexibility index (Phi) is 9.89. The highest BCUT2D eigenvalue weighted by atomic mass is 79.9.